The zero-order chi connectivity index (χ0) is 23.6. The summed E-state index contributed by atoms with van der Waals surface area (Å²) >= 11 is 6.27. The van der Waals surface area contributed by atoms with Gasteiger partial charge in [-0.3, -0.25) is 9.59 Å². The van der Waals surface area contributed by atoms with E-state index >= 15 is 0 Å². The maximum Gasteiger partial charge on any atom is 0.266 e. The molecule has 0 aliphatic carbocycles. The van der Waals surface area contributed by atoms with E-state index in [1.807, 2.05) is 12.1 Å². The van der Waals surface area contributed by atoms with Crippen molar-refractivity contribution in [2.24, 2.45) is 0 Å². The third-order valence-electron chi connectivity index (χ3n) is 4.40. The highest BCUT2D eigenvalue weighted by atomic mass is 35.5. The zero-order valence-electron chi connectivity index (χ0n) is 17.7. The van der Waals surface area contributed by atoms with Crippen LogP contribution in [0.3, 0.4) is 0 Å². The van der Waals surface area contributed by atoms with Gasteiger partial charge in [-0.1, -0.05) is 48.0 Å². The number of carbonyl (C=O) groups is 2. The van der Waals surface area contributed by atoms with Gasteiger partial charge in [0.05, 0.1) is 17.8 Å². The summed E-state index contributed by atoms with van der Waals surface area (Å²) in [5.74, 6) is -0.0992. The number of halogens is 1. The van der Waals surface area contributed by atoms with Crippen molar-refractivity contribution in [1.29, 1.82) is 5.26 Å². The van der Waals surface area contributed by atoms with Gasteiger partial charge in [0.25, 0.3) is 11.8 Å². The zero-order valence-corrected chi connectivity index (χ0v) is 18.4. The predicted octanol–water partition coefficient (Wildman–Crippen LogP) is 4.91. The minimum absolute atomic E-state index is 0.0835. The molecule has 0 fully saturated rings. The molecule has 3 aromatic rings. The van der Waals surface area contributed by atoms with Crippen LogP contribution in [-0.4, -0.2) is 25.5 Å². The lowest BCUT2D eigenvalue weighted by atomic mass is 10.1. The van der Waals surface area contributed by atoms with Crippen LogP contribution in [0, 0.1) is 11.3 Å². The first-order valence-electron chi connectivity index (χ1n) is 9.83. The Morgan fingerprint density at radius 3 is 2.42 bits per heavy atom. The molecule has 33 heavy (non-hydrogen) atoms. The minimum Gasteiger partial charge on any atom is -0.495 e. The van der Waals surface area contributed by atoms with E-state index in [4.69, 9.17) is 21.1 Å². The number of hydrogen-bond donors (Lipinski definition) is 2. The summed E-state index contributed by atoms with van der Waals surface area (Å²) < 4.78 is 10.7. The van der Waals surface area contributed by atoms with E-state index in [0.29, 0.717) is 22.7 Å². The molecule has 0 aliphatic heterocycles. The Morgan fingerprint density at radius 2 is 1.73 bits per heavy atom. The van der Waals surface area contributed by atoms with E-state index in [9.17, 15) is 14.9 Å². The second kappa shape index (κ2) is 11.4. The largest absolute Gasteiger partial charge is 0.495 e. The molecule has 0 atom stereocenters. The van der Waals surface area contributed by atoms with Crippen LogP contribution in [0.2, 0.25) is 5.02 Å². The molecule has 0 heterocycles. The Balaban J connectivity index is 1.63. The number of nitriles is 1. The first kappa shape index (κ1) is 23.4. The van der Waals surface area contributed by atoms with Gasteiger partial charge in [0.15, 0.2) is 6.61 Å². The molecule has 8 heteroatoms. The fourth-order valence-corrected chi connectivity index (χ4v) is 3.08. The predicted molar refractivity (Wildman–Crippen MR) is 127 cm³/mol. The molecule has 166 valence electrons. The summed E-state index contributed by atoms with van der Waals surface area (Å²) in [5, 5.41) is 15.0. The SMILES string of the molecule is COc1ccccc1NC(=O)COc1ccc(/C=C(\C#N)C(=O)Nc2ccccc2)cc1Cl. The Kier molecular flexibility index (Phi) is 8.06. The van der Waals surface area contributed by atoms with Crippen LogP contribution in [0.15, 0.2) is 78.4 Å². The summed E-state index contributed by atoms with van der Waals surface area (Å²) in [6.07, 6.45) is 1.42. The van der Waals surface area contributed by atoms with Crippen molar-refractivity contribution < 1.29 is 19.1 Å². The van der Waals surface area contributed by atoms with Crippen molar-refractivity contribution in [1.82, 2.24) is 0 Å². The molecule has 0 aromatic heterocycles. The van der Waals surface area contributed by atoms with E-state index in [1.54, 1.807) is 66.7 Å². The number of nitrogens with one attached hydrogen (secondary N) is 2. The van der Waals surface area contributed by atoms with Crippen LogP contribution in [-0.2, 0) is 9.59 Å². The standard InChI is InChI=1S/C25H20ClN3O4/c1-32-23-10-6-5-9-21(23)29-24(30)16-33-22-12-11-17(14-20(22)26)13-18(15-27)25(31)28-19-7-3-2-4-8-19/h2-14H,16H2,1H3,(H,28,31)(H,29,30)/b18-13+. The first-order valence-corrected chi connectivity index (χ1v) is 10.2. The third kappa shape index (κ3) is 6.60. The number of para-hydroxylation sites is 3. The summed E-state index contributed by atoms with van der Waals surface area (Å²) in [5.41, 5.74) is 1.56. The monoisotopic (exact) mass is 461 g/mol. The number of methoxy groups -OCH3 is 1. The Labute approximate surface area is 196 Å². The van der Waals surface area contributed by atoms with Crippen LogP contribution in [0.4, 0.5) is 11.4 Å². The van der Waals surface area contributed by atoms with Gasteiger partial charge in [-0.2, -0.15) is 5.26 Å². The van der Waals surface area contributed by atoms with Gasteiger partial charge in [-0.15, -0.1) is 0 Å². The molecule has 0 spiro atoms. The number of benzene rings is 3. The lowest BCUT2D eigenvalue weighted by Crippen LogP contribution is -2.20. The van der Waals surface area contributed by atoms with Crippen LogP contribution < -0.4 is 20.1 Å². The van der Waals surface area contributed by atoms with E-state index in [1.165, 1.54) is 13.2 Å². The highest BCUT2D eigenvalue weighted by molar-refractivity contribution is 6.32. The van der Waals surface area contributed by atoms with Crippen LogP contribution in [0.5, 0.6) is 11.5 Å². The molecule has 0 aliphatic rings. The molecule has 3 rings (SSSR count). The van der Waals surface area contributed by atoms with Gasteiger partial charge in [0, 0.05) is 5.69 Å². The number of nitrogens with zero attached hydrogens (tertiary/aromatic N) is 1. The van der Waals surface area contributed by atoms with Gasteiger partial charge >= 0.3 is 0 Å². The van der Waals surface area contributed by atoms with Gasteiger partial charge in [0.2, 0.25) is 0 Å². The number of rotatable bonds is 8. The van der Waals surface area contributed by atoms with E-state index in [-0.39, 0.29) is 28.9 Å². The Morgan fingerprint density at radius 1 is 1.00 bits per heavy atom. The van der Waals surface area contributed by atoms with Gasteiger partial charge in [0.1, 0.15) is 23.1 Å². The van der Waals surface area contributed by atoms with Gasteiger partial charge in [-0.25, -0.2) is 0 Å². The molecule has 0 saturated heterocycles. The molecule has 3 aromatic carbocycles. The average molecular weight is 462 g/mol. The number of carbonyl (C=O) groups excluding carboxylic acids is 2. The summed E-state index contributed by atoms with van der Waals surface area (Å²) in [6.45, 7) is -0.268. The van der Waals surface area contributed by atoms with E-state index in [2.05, 4.69) is 10.6 Å². The number of ether oxygens (including phenoxy) is 2. The fourth-order valence-electron chi connectivity index (χ4n) is 2.84. The normalized spacial score (nSPS) is 10.6. The molecule has 0 radical (unpaired) electrons. The average Bonchev–Trinajstić information content (AvgIpc) is 2.83. The van der Waals surface area contributed by atoms with Crippen molar-refractivity contribution >= 4 is 40.9 Å². The topological polar surface area (TPSA) is 100 Å². The quantitative estimate of drug-likeness (QED) is 0.366. The summed E-state index contributed by atoms with van der Waals surface area (Å²) in [4.78, 5) is 24.6. The third-order valence-corrected chi connectivity index (χ3v) is 4.70. The fraction of sp³-hybridized carbons (Fsp3) is 0.0800. The maximum atomic E-state index is 12.4. The summed E-state index contributed by atoms with van der Waals surface area (Å²) in [7, 11) is 1.51. The molecule has 0 saturated carbocycles. The van der Waals surface area contributed by atoms with Gasteiger partial charge in [-0.05, 0) is 48.0 Å². The Hall–Kier alpha value is -4.28. The van der Waals surface area contributed by atoms with Crippen molar-refractivity contribution in [3.8, 4) is 17.6 Å². The first-order chi connectivity index (χ1) is 16.0. The highest BCUT2D eigenvalue weighted by Crippen LogP contribution is 2.27. The molecule has 0 bridgehead atoms. The number of amides is 2. The van der Waals surface area contributed by atoms with Crippen molar-refractivity contribution in [3.63, 3.8) is 0 Å². The molecular formula is C25H20ClN3O4. The highest BCUT2D eigenvalue weighted by Gasteiger charge is 2.12. The lowest BCUT2D eigenvalue weighted by molar-refractivity contribution is -0.118. The molecule has 2 amide bonds. The van der Waals surface area contributed by atoms with Gasteiger partial charge < -0.3 is 20.1 Å². The minimum atomic E-state index is -0.534. The second-order valence-corrected chi connectivity index (χ2v) is 7.12. The molecule has 0 unspecified atom stereocenters. The smallest absolute Gasteiger partial charge is 0.266 e. The lowest BCUT2D eigenvalue weighted by Gasteiger charge is -2.11. The molecule has 2 N–H and O–H groups in total. The van der Waals surface area contributed by atoms with E-state index in [0.717, 1.165) is 0 Å². The maximum absolute atomic E-state index is 12.4. The van der Waals surface area contributed by atoms with Crippen LogP contribution in [0.1, 0.15) is 5.56 Å². The molecular weight excluding hydrogens is 442 g/mol. The second-order valence-electron chi connectivity index (χ2n) is 6.72. The van der Waals surface area contributed by atoms with Crippen molar-refractivity contribution in [2.75, 3.05) is 24.4 Å². The summed E-state index contributed by atoms with van der Waals surface area (Å²) in [6, 6.07) is 22.5. The van der Waals surface area contributed by atoms with Crippen molar-refractivity contribution in [2.45, 2.75) is 0 Å². The molecule has 7 nitrogen and oxygen atoms in total. The Bertz CT molecular complexity index is 1220. The van der Waals surface area contributed by atoms with Crippen LogP contribution in [0.25, 0.3) is 6.08 Å². The van der Waals surface area contributed by atoms with Crippen molar-refractivity contribution in [3.05, 3.63) is 89.0 Å². The number of hydrogen-bond acceptors (Lipinski definition) is 5. The van der Waals surface area contributed by atoms with Crippen LogP contribution >= 0.6 is 11.6 Å². The van der Waals surface area contributed by atoms with E-state index < -0.39 is 5.91 Å². The number of anilines is 2.